The highest BCUT2D eigenvalue weighted by Gasteiger charge is 2.41. The van der Waals surface area contributed by atoms with Gasteiger partial charge in [-0.25, -0.2) is 0 Å². The molecule has 0 heterocycles. The van der Waals surface area contributed by atoms with E-state index in [2.05, 4.69) is 26.0 Å². The van der Waals surface area contributed by atoms with Gasteiger partial charge in [0.15, 0.2) is 6.10 Å². The van der Waals surface area contributed by atoms with E-state index in [1.165, 1.54) is 57.8 Å². The molecule has 1 rings (SSSR count). The molecule has 0 amide bonds. The fraction of sp³-hybridized carbons (Fsp3) is 0.826. The Morgan fingerprint density at radius 1 is 0.780 bits per heavy atom. The average Bonchev–Trinajstić information content (AvgIpc) is 3.43. The van der Waals surface area contributed by atoms with Crippen molar-refractivity contribution in [3.05, 3.63) is 36.6 Å². The van der Waals surface area contributed by atoms with Crippen LogP contribution < -0.4 is 4.89 Å². The van der Waals surface area contributed by atoms with Gasteiger partial charge in [-0.1, -0.05) is 102 Å². The molecule has 0 aromatic heterocycles. The Kier molecular flexibility index (Phi) is 31.5. The van der Waals surface area contributed by atoms with Gasteiger partial charge in [0.1, 0.15) is 25.5 Å². The Morgan fingerprint density at radius 2 is 1.37 bits per heavy atom. The number of esters is 1. The molecule has 0 aromatic carbocycles. The number of allylic oxidation sites excluding steroid dienone is 3. The molecule has 3 N–H and O–H groups in total. The van der Waals surface area contributed by atoms with Crippen molar-refractivity contribution >= 4 is 19.6 Å². The van der Waals surface area contributed by atoms with Crippen LogP contribution in [0.1, 0.15) is 162 Å². The maximum absolute atomic E-state index is 12.9. The van der Waals surface area contributed by atoms with Crippen LogP contribution in [0.15, 0.2) is 36.6 Å². The van der Waals surface area contributed by atoms with E-state index in [0.29, 0.717) is 30.3 Å². The van der Waals surface area contributed by atoms with Crippen LogP contribution in [-0.2, 0) is 32.7 Å². The highest BCUT2D eigenvalue weighted by molar-refractivity contribution is 7.45. The number of ketones is 1. The summed E-state index contributed by atoms with van der Waals surface area (Å²) in [5.74, 6) is -1.51. The van der Waals surface area contributed by atoms with E-state index in [1.54, 1.807) is 18.4 Å². The summed E-state index contributed by atoms with van der Waals surface area (Å²) in [6.07, 6.45) is 28.7. The predicted molar refractivity (Wildman–Crippen MR) is 233 cm³/mol. The summed E-state index contributed by atoms with van der Waals surface area (Å²) in [5, 5.41) is 31.4. The number of carbonyl (C=O) groups excluding carboxylic acids is 2. The largest absolute Gasteiger partial charge is 0.756 e. The topological polar surface area (TPSA) is 172 Å². The lowest BCUT2D eigenvalue weighted by molar-refractivity contribution is -0.870. The summed E-state index contributed by atoms with van der Waals surface area (Å²) >= 11 is 0. The van der Waals surface area contributed by atoms with Gasteiger partial charge in [0.2, 0.25) is 0 Å². The van der Waals surface area contributed by atoms with Gasteiger partial charge in [0, 0.05) is 37.5 Å². The molecule has 12 nitrogen and oxygen atoms in total. The van der Waals surface area contributed by atoms with Crippen LogP contribution >= 0.6 is 7.82 Å². The molecule has 0 aromatic rings. The van der Waals surface area contributed by atoms with Gasteiger partial charge in [-0.2, -0.15) is 0 Å². The van der Waals surface area contributed by atoms with E-state index in [0.717, 1.165) is 44.9 Å². The lowest BCUT2D eigenvalue weighted by Crippen LogP contribution is -2.37. The molecule has 0 radical (unpaired) electrons. The minimum absolute atomic E-state index is 0.00954. The predicted octanol–water partition coefficient (Wildman–Crippen LogP) is 8.66. The summed E-state index contributed by atoms with van der Waals surface area (Å²) in [4.78, 5) is 38.1. The standard InChI is InChI=1S/C46H84NO11P/c1-6-8-10-11-12-13-14-15-16-17-18-19-20-21-22-26-33-55-37-41(38-57-59(53,54)56-34-32-47(3,4)5)58-46(52)29-25-24-28-40(49)35-43-42(44(50)36-45(43)51)31-30-39(48)27-23-9-7-2/h15-16,26,30-31,33,39,41-45,48,50-51H,6-14,17-25,27-29,32,34-38H2,1-5H3/b16-15-,31-30+,33-26+/t39-,41+,42+,43+,44+,45-/m0/s1. The molecule has 1 saturated carbocycles. The monoisotopic (exact) mass is 858 g/mol. The Morgan fingerprint density at radius 3 is 2.02 bits per heavy atom. The first kappa shape index (κ1) is 55.1. The van der Waals surface area contributed by atoms with Gasteiger partial charge in [0.05, 0.1) is 52.3 Å². The number of phosphoric acid groups is 1. The van der Waals surface area contributed by atoms with Gasteiger partial charge >= 0.3 is 5.97 Å². The zero-order valence-electron chi connectivity index (χ0n) is 37.5. The molecule has 1 fully saturated rings. The zero-order chi connectivity index (χ0) is 43.8. The van der Waals surface area contributed by atoms with Crippen molar-refractivity contribution in [2.75, 3.05) is 47.5 Å². The number of unbranched alkanes of at least 4 members (excludes halogenated alkanes) is 14. The van der Waals surface area contributed by atoms with Gasteiger partial charge < -0.3 is 43.2 Å². The van der Waals surface area contributed by atoms with Crippen LogP contribution in [0.5, 0.6) is 0 Å². The van der Waals surface area contributed by atoms with Crippen molar-refractivity contribution in [2.24, 2.45) is 11.8 Å². The number of hydrogen-bond donors (Lipinski definition) is 3. The van der Waals surface area contributed by atoms with Crippen molar-refractivity contribution in [3.8, 4) is 0 Å². The molecule has 1 aliphatic carbocycles. The van der Waals surface area contributed by atoms with Crippen LogP contribution in [0, 0.1) is 11.8 Å². The number of phosphoric ester groups is 1. The third-order valence-electron chi connectivity index (χ3n) is 10.7. The third kappa shape index (κ3) is 30.7. The van der Waals surface area contributed by atoms with E-state index in [1.807, 2.05) is 27.2 Å². The van der Waals surface area contributed by atoms with Crippen molar-refractivity contribution in [1.29, 1.82) is 0 Å². The Labute approximate surface area is 358 Å². The third-order valence-corrected chi connectivity index (χ3v) is 11.7. The first-order chi connectivity index (χ1) is 28.2. The number of carbonyl (C=O) groups is 2. The minimum Gasteiger partial charge on any atom is -0.756 e. The molecular weight excluding hydrogens is 773 g/mol. The first-order valence-electron chi connectivity index (χ1n) is 22.9. The van der Waals surface area contributed by atoms with E-state index >= 15 is 0 Å². The summed E-state index contributed by atoms with van der Waals surface area (Å²) < 4.78 is 34.2. The molecule has 0 spiro atoms. The number of likely N-dealkylation sites (N-methyl/N-ethyl adjacent to an activating group) is 1. The van der Waals surface area contributed by atoms with Crippen molar-refractivity contribution in [2.45, 2.75) is 186 Å². The van der Waals surface area contributed by atoms with Crippen molar-refractivity contribution in [1.82, 2.24) is 0 Å². The smallest absolute Gasteiger partial charge is 0.306 e. The van der Waals surface area contributed by atoms with Crippen LogP contribution in [-0.4, -0.2) is 103 Å². The Hall–Kier alpha value is -1.89. The average molecular weight is 858 g/mol. The molecule has 7 atom stereocenters. The van der Waals surface area contributed by atoms with E-state index in [9.17, 15) is 34.4 Å². The number of rotatable bonds is 38. The maximum atomic E-state index is 12.9. The number of hydrogen-bond acceptors (Lipinski definition) is 11. The molecule has 0 saturated heterocycles. The summed E-state index contributed by atoms with van der Waals surface area (Å²) in [6.45, 7) is 4.17. The van der Waals surface area contributed by atoms with Gasteiger partial charge in [-0.3, -0.25) is 14.2 Å². The fourth-order valence-corrected chi connectivity index (χ4v) is 7.76. The quantitative estimate of drug-likeness (QED) is 0.0136. The van der Waals surface area contributed by atoms with Crippen LogP contribution in [0.4, 0.5) is 0 Å². The molecule has 344 valence electrons. The zero-order valence-corrected chi connectivity index (χ0v) is 38.4. The molecule has 13 heteroatoms. The summed E-state index contributed by atoms with van der Waals surface area (Å²) in [6, 6.07) is 0. The number of quaternary nitrogens is 1. The molecule has 1 aliphatic rings. The Balaban J connectivity index is 2.50. The highest BCUT2D eigenvalue weighted by atomic mass is 31.2. The second-order valence-electron chi connectivity index (χ2n) is 17.4. The van der Waals surface area contributed by atoms with Gasteiger partial charge in [-0.05, 0) is 63.9 Å². The molecule has 59 heavy (non-hydrogen) atoms. The lowest BCUT2D eigenvalue weighted by Gasteiger charge is -2.28. The molecule has 1 unspecified atom stereocenters. The highest BCUT2D eigenvalue weighted by Crippen LogP contribution is 2.39. The van der Waals surface area contributed by atoms with Crippen LogP contribution in [0.2, 0.25) is 0 Å². The maximum Gasteiger partial charge on any atom is 0.306 e. The Bertz CT molecular complexity index is 1220. The summed E-state index contributed by atoms with van der Waals surface area (Å²) in [5.41, 5.74) is 0. The minimum atomic E-state index is -4.65. The lowest BCUT2D eigenvalue weighted by atomic mass is 9.87. The number of ether oxygens (including phenoxy) is 2. The first-order valence-corrected chi connectivity index (χ1v) is 24.4. The van der Waals surface area contributed by atoms with E-state index in [4.69, 9.17) is 18.5 Å². The summed E-state index contributed by atoms with van der Waals surface area (Å²) in [7, 11) is 1.09. The normalized spacial score (nSPS) is 20.8. The second-order valence-corrected chi connectivity index (χ2v) is 18.8. The van der Waals surface area contributed by atoms with Gasteiger partial charge in [0.25, 0.3) is 7.82 Å². The van der Waals surface area contributed by atoms with E-state index in [-0.39, 0.29) is 44.7 Å². The fourth-order valence-electron chi connectivity index (χ4n) is 7.03. The van der Waals surface area contributed by atoms with Crippen molar-refractivity contribution < 1.29 is 57.4 Å². The number of Topliss-reactive ketones (excluding diaryl/α,β-unsaturated/α-hetero) is 1. The van der Waals surface area contributed by atoms with Gasteiger partial charge in [-0.15, -0.1) is 0 Å². The molecule has 0 bridgehead atoms. The van der Waals surface area contributed by atoms with Crippen LogP contribution in [0.3, 0.4) is 0 Å². The second kappa shape index (κ2) is 33.7. The van der Waals surface area contributed by atoms with Crippen LogP contribution in [0.25, 0.3) is 0 Å². The molecule has 0 aliphatic heterocycles. The number of aliphatic hydroxyl groups is 3. The van der Waals surface area contributed by atoms with E-state index < -0.39 is 56.7 Å². The number of nitrogens with zero attached hydrogens (tertiary/aromatic N) is 1. The SMILES string of the molecule is CCCCCCCC/C=C\CCCCCC/C=C/OC[C@H](COP(=O)([O-])OCC[N+](C)(C)C)OC(=O)CCCCC(=O)C[C@@H]1[C@@H](/C=C/[C@@H](O)CCCCC)[C@H](O)C[C@@H]1O. The van der Waals surface area contributed by atoms with Crippen molar-refractivity contribution in [3.63, 3.8) is 0 Å². The number of aliphatic hydroxyl groups excluding tert-OH is 3. The molecular formula is C46H84NO11P.